The molecular formula is C13H22O. The lowest BCUT2D eigenvalue weighted by molar-refractivity contribution is -0.104. The predicted molar refractivity (Wildman–Crippen MR) is 62.2 cm³/mol. The van der Waals surface area contributed by atoms with Crippen molar-refractivity contribution in [3.8, 4) is 0 Å². The summed E-state index contributed by atoms with van der Waals surface area (Å²) in [4.78, 5) is 10.4. The van der Waals surface area contributed by atoms with Crippen molar-refractivity contribution in [1.82, 2.24) is 0 Å². The van der Waals surface area contributed by atoms with E-state index in [0.29, 0.717) is 11.8 Å². The van der Waals surface area contributed by atoms with E-state index in [0.717, 1.165) is 12.7 Å². The lowest BCUT2D eigenvalue weighted by atomic mass is 9.85. The van der Waals surface area contributed by atoms with Crippen molar-refractivity contribution in [1.29, 1.82) is 0 Å². The zero-order valence-corrected chi connectivity index (χ0v) is 10.0. The summed E-state index contributed by atoms with van der Waals surface area (Å²) in [5.41, 5.74) is 2.53. The maximum atomic E-state index is 10.4. The van der Waals surface area contributed by atoms with Crippen LogP contribution in [-0.4, -0.2) is 6.29 Å². The first kappa shape index (κ1) is 13.2. The van der Waals surface area contributed by atoms with E-state index in [1.165, 1.54) is 11.1 Å². The van der Waals surface area contributed by atoms with Gasteiger partial charge in [0.25, 0.3) is 0 Å². The van der Waals surface area contributed by atoms with E-state index >= 15 is 0 Å². The number of carbonyl (C=O) groups excluding carboxylic acids is 1. The van der Waals surface area contributed by atoms with Crippen LogP contribution in [0, 0.1) is 11.8 Å². The highest BCUT2D eigenvalue weighted by Crippen LogP contribution is 2.24. The highest BCUT2D eigenvalue weighted by molar-refractivity contribution is 5.66. The quantitative estimate of drug-likeness (QED) is 0.370. The normalized spacial score (nSPS) is 14.0. The number of hydrogen-bond donors (Lipinski definition) is 0. The highest BCUT2D eigenvalue weighted by Gasteiger charge is 2.13. The predicted octanol–water partition coefficient (Wildman–Crippen LogP) is 3.76. The third-order valence-corrected chi connectivity index (χ3v) is 2.50. The fraction of sp³-hybridized carbons (Fsp3) is 0.615. The van der Waals surface area contributed by atoms with Gasteiger partial charge >= 0.3 is 0 Å². The Labute approximate surface area is 87.9 Å². The summed E-state index contributed by atoms with van der Waals surface area (Å²) in [6.07, 6.45) is 5.85. The molecule has 0 N–H and O–H groups in total. The summed E-state index contributed by atoms with van der Waals surface area (Å²) < 4.78 is 0. The zero-order valence-electron chi connectivity index (χ0n) is 10.0. The molecule has 0 saturated heterocycles. The Morgan fingerprint density at radius 2 is 1.79 bits per heavy atom. The average molecular weight is 194 g/mol. The van der Waals surface area contributed by atoms with Crippen LogP contribution in [0.4, 0.5) is 0 Å². The molecule has 0 aromatic heterocycles. The third-order valence-electron chi connectivity index (χ3n) is 2.50. The van der Waals surface area contributed by atoms with Crippen molar-refractivity contribution in [2.24, 2.45) is 11.8 Å². The molecule has 0 aliphatic heterocycles. The minimum atomic E-state index is 0.495. The molecule has 0 bridgehead atoms. The van der Waals surface area contributed by atoms with Gasteiger partial charge in [0, 0.05) is 0 Å². The van der Waals surface area contributed by atoms with Gasteiger partial charge in [-0.2, -0.15) is 0 Å². The molecule has 0 radical (unpaired) electrons. The standard InChI is InChI=1S/C13H22O/c1-10(2)6-7-13(11(3)4)12(5)8-9-14/h6,8-9,11,13H,7H2,1-5H3/b12-8+. The molecule has 0 amide bonds. The fourth-order valence-electron chi connectivity index (χ4n) is 1.58. The lowest BCUT2D eigenvalue weighted by Gasteiger charge is -2.20. The van der Waals surface area contributed by atoms with Gasteiger partial charge in [0.05, 0.1) is 0 Å². The number of rotatable bonds is 5. The van der Waals surface area contributed by atoms with Crippen molar-refractivity contribution < 1.29 is 4.79 Å². The van der Waals surface area contributed by atoms with Crippen LogP contribution in [0.15, 0.2) is 23.3 Å². The van der Waals surface area contributed by atoms with Crippen LogP contribution in [0.3, 0.4) is 0 Å². The van der Waals surface area contributed by atoms with Crippen LogP contribution >= 0.6 is 0 Å². The largest absolute Gasteiger partial charge is 0.299 e. The van der Waals surface area contributed by atoms with E-state index in [2.05, 4.69) is 33.8 Å². The Bertz CT molecular complexity index is 230. The second-order valence-corrected chi connectivity index (χ2v) is 4.41. The molecule has 0 aromatic carbocycles. The van der Waals surface area contributed by atoms with E-state index < -0.39 is 0 Å². The van der Waals surface area contributed by atoms with Crippen molar-refractivity contribution in [2.45, 2.75) is 41.0 Å². The van der Waals surface area contributed by atoms with Gasteiger partial charge in [0.15, 0.2) is 0 Å². The van der Waals surface area contributed by atoms with E-state index in [1.807, 2.05) is 6.92 Å². The van der Waals surface area contributed by atoms with E-state index in [-0.39, 0.29) is 0 Å². The first-order valence-corrected chi connectivity index (χ1v) is 5.24. The van der Waals surface area contributed by atoms with Gasteiger partial charge < -0.3 is 0 Å². The SMILES string of the molecule is CC(C)=CCC(/C(C)=C/C=O)C(C)C. The molecule has 1 nitrogen and oxygen atoms in total. The van der Waals surface area contributed by atoms with E-state index in [9.17, 15) is 4.79 Å². The topological polar surface area (TPSA) is 17.1 Å². The molecule has 0 saturated carbocycles. The molecule has 0 spiro atoms. The zero-order chi connectivity index (χ0) is 11.1. The number of allylic oxidation sites excluding steroid dienone is 4. The van der Waals surface area contributed by atoms with E-state index in [1.54, 1.807) is 6.08 Å². The summed E-state index contributed by atoms with van der Waals surface area (Å²) in [6.45, 7) is 10.7. The number of carbonyl (C=O) groups is 1. The third kappa shape index (κ3) is 5.00. The molecular weight excluding hydrogens is 172 g/mol. The van der Waals surface area contributed by atoms with Crippen LogP contribution in [0.1, 0.15) is 41.0 Å². The lowest BCUT2D eigenvalue weighted by Crippen LogP contribution is -2.09. The Balaban J connectivity index is 4.52. The Kier molecular flexibility index (Phi) is 6.18. The minimum Gasteiger partial charge on any atom is -0.299 e. The van der Waals surface area contributed by atoms with Crippen LogP contribution < -0.4 is 0 Å². The van der Waals surface area contributed by atoms with Crippen molar-refractivity contribution in [2.75, 3.05) is 0 Å². The van der Waals surface area contributed by atoms with Gasteiger partial charge in [-0.1, -0.05) is 31.1 Å². The molecule has 0 rings (SSSR count). The summed E-state index contributed by atoms with van der Waals surface area (Å²) in [6, 6.07) is 0. The van der Waals surface area contributed by atoms with Gasteiger partial charge in [0.1, 0.15) is 6.29 Å². The molecule has 80 valence electrons. The smallest absolute Gasteiger partial charge is 0.142 e. The van der Waals surface area contributed by atoms with Crippen molar-refractivity contribution in [3.63, 3.8) is 0 Å². The summed E-state index contributed by atoms with van der Waals surface area (Å²) >= 11 is 0. The van der Waals surface area contributed by atoms with Gasteiger partial charge in [0.2, 0.25) is 0 Å². The van der Waals surface area contributed by atoms with Crippen molar-refractivity contribution in [3.05, 3.63) is 23.3 Å². The maximum Gasteiger partial charge on any atom is 0.142 e. The second kappa shape index (κ2) is 6.58. The first-order valence-electron chi connectivity index (χ1n) is 5.24. The molecule has 0 heterocycles. The number of hydrogen-bond acceptors (Lipinski definition) is 1. The maximum absolute atomic E-state index is 10.4. The van der Waals surface area contributed by atoms with E-state index in [4.69, 9.17) is 0 Å². The Hall–Kier alpha value is -0.850. The molecule has 14 heavy (non-hydrogen) atoms. The van der Waals surface area contributed by atoms with Gasteiger partial charge in [-0.3, -0.25) is 4.79 Å². The fourth-order valence-corrected chi connectivity index (χ4v) is 1.58. The first-order chi connectivity index (χ1) is 6.49. The summed E-state index contributed by atoms with van der Waals surface area (Å²) in [5, 5.41) is 0. The number of aldehydes is 1. The Morgan fingerprint density at radius 3 is 2.14 bits per heavy atom. The second-order valence-electron chi connectivity index (χ2n) is 4.41. The van der Waals surface area contributed by atoms with Gasteiger partial charge in [-0.25, -0.2) is 0 Å². The van der Waals surface area contributed by atoms with Crippen LogP contribution in [0.5, 0.6) is 0 Å². The molecule has 0 aliphatic carbocycles. The van der Waals surface area contributed by atoms with Gasteiger partial charge in [-0.15, -0.1) is 0 Å². The van der Waals surface area contributed by atoms with Crippen LogP contribution in [0.25, 0.3) is 0 Å². The van der Waals surface area contributed by atoms with Crippen molar-refractivity contribution >= 4 is 6.29 Å². The van der Waals surface area contributed by atoms with Gasteiger partial charge in [-0.05, 0) is 45.1 Å². The molecule has 1 atom stereocenters. The molecule has 0 fully saturated rings. The highest BCUT2D eigenvalue weighted by atomic mass is 16.1. The molecule has 1 heteroatoms. The molecule has 0 aromatic rings. The molecule has 0 aliphatic rings. The van der Waals surface area contributed by atoms with Crippen LogP contribution in [0.2, 0.25) is 0 Å². The minimum absolute atomic E-state index is 0.495. The molecule has 1 unspecified atom stereocenters. The summed E-state index contributed by atoms with van der Waals surface area (Å²) in [7, 11) is 0. The summed E-state index contributed by atoms with van der Waals surface area (Å²) in [5.74, 6) is 1.08. The monoisotopic (exact) mass is 194 g/mol. The Morgan fingerprint density at radius 1 is 1.21 bits per heavy atom. The average Bonchev–Trinajstić information content (AvgIpc) is 2.03. The van der Waals surface area contributed by atoms with Crippen LogP contribution in [-0.2, 0) is 4.79 Å².